The van der Waals surface area contributed by atoms with Gasteiger partial charge < -0.3 is 10.6 Å². The van der Waals surface area contributed by atoms with Crippen LogP contribution in [0.1, 0.15) is 0 Å². The average Bonchev–Trinajstić information content (AvgIpc) is 2.25. The van der Waals surface area contributed by atoms with Gasteiger partial charge in [-0.3, -0.25) is 0 Å². The molecule has 1 heterocycles. The summed E-state index contributed by atoms with van der Waals surface area (Å²) < 4.78 is 37.1. The summed E-state index contributed by atoms with van der Waals surface area (Å²) >= 11 is 0. The molecular formula is C11H11F3N4. The molecule has 7 heteroatoms. The lowest BCUT2D eigenvalue weighted by molar-refractivity contribution is -0.119. The first kappa shape index (κ1) is 12.4. The average molecular weight is 256 g/mol. The Kier molecular flexibility index (Phi) is 2.98. The molecule has 0 bridgehead atoms. The number of benzene rings is 1. The minimum Gasteiger partial charge on any atom is -0.399 e. The zero-order valence-corrected chi connectivity index (χ0v) is 9.57. The van der Waals surface area contributed by atoms with Crippen molar-refractivity contribution in [3.8, 4) is 0 Å². The SMILES string of the molecule is CN(CC(F)(F)F)c1ncnc2ccc(N)cc12. The highest BCUT2D eigenvalue weighted by Crippen LogP contribution is 2.26. The summed E-state index contributed by atoms with van der Waals surface area (Å²) in [4.78, 5) is 8.91. The molecule has 2 rings (SSSR count). The molecule has 2 N–H and O–H groups in total. The molecule has 0 aliphatic heterocycles. The van der Waals surface area contributed by atoms with Crippen LogP contribution in [0.3, 0.4) is 0 Å². The van der Waals surface area contributed by atoms with Crippen molar-refractivity contribution >= 4 is 22.4 Å². The zero-order valence-electron chi connectivity index (χ0n) is 9.57. The highest BCUT2D eigenvalue weighted by molar-refractivity contribution is 5.91. The molecule has 0 spiro atoms. The van der Waals surface area contributed by atoms with Crippen molar-refractivity contribution in [2.24, 2.45) is 0 Å². The second-order valence-electron chi connectivity index (χ2n) is 3.95. The molecule has 96 valence electrons. The largest absolute Gasteiger partial charge is 0.405 e. The first-order chi connectivity index (χ1) is 8.37. The van der Waals surface area contributed by atoms with E-state index in [1.165, 1.54) is 13.4 Å². The van der Waals surface area contributed by atoms with E-state index in [1.807, 2.05) is 0 Å². The van der Waals surface area contributed by atoms with E-state index in [-0.39, 0.29) is 5.82 Å². The van der Waals surface area contributed by atoms with Gasteiger partial charge in [0.25, 0.3) is 0 Å². The van der Waals surface area contributed by atoms with Gasteiger partial charge in [0.05, 0.1) is 5.52 Å². The molecule has 1 aromatic carbocycles. The molecule has 0 saturated heterocycles. The monoisotopic (exact) mass is 256 g/mol. The number of hydrogen-bond donors (Lipinski definition) is 1. The Hall–Kier alpha value is -2.05. The number of halogens is 3. The fourth-order valence-corrected chi connectivity index (χ4v) is 1.71. The van der Waals surface area contributed by atoms with E-state index in [0.29, 0.717) is 16.6 Å². The predicted octanol–water partition coefficient (Wildman–Crippen LogP) is 2.21. The van der Waals surface area contributed by atoms with Crippen LogP contribution in [0.5, 0.6) is 0 Å². The third-order valence-corrected chi connectivity index (χ3v) is 2.42. The van der Waals surface area contributed by atoms with Crippen molar-refractivity contribution in [2.75, 3.05) is 24.2 Å². The molecule has 18 heavy (non-hydrogen) atoms. The molecule has 0 unspecified atom stereocenters. The van der Waals surface area contributed by atoms with E-state index < -0.39 is 12.7 Å². The van der Waals surface area contributed by atoms with E-state index in [1.54, 1.807) is 18.2 Å². The van der Waals surface area contributed by atoms with Gasteiger partial charge in [0.2, 0.25) is 0 Å². The Morgan fingerprint density at radius 2 is 2.00 bits per heavy atom. The molecule has 0 atom stereocenters. The Labute approximate surface area is 101 Å². The standard InChI is InChI=1S/C11H11F3N4/c1-18(5-11(12,13)14)10-8-4-7(15)2-3-9(8)16-6-17-10/h2-4,6H,5,15H2,1H3. The fourth-order valence-electron chi connectivity index (χ4n) is 1.71. The highest BCUT2D eigenvalue weighted by atomic mass is 19.4. The van der Waals surface area contributed by atoms with E-state index in [0.717, 1.165) is 4.90 Å². The lowest BCUT2D eigenvalue weighted by Crippen LogP contribution is -2.31. The number of aromatic nitrogens is 2. The minimum absolute atomic E-state index is 0.213. The molecule has 0 saturated carbocycles. The van der Waals surface area contributed by atoms with Gasteiger partial charge in [-0.15, -0.1) is 0 Å². The maximum Gasteiger partial charge on any atom is 0.405 e. The van der Waals surface area contributed by atoms with Gasteiger partial charge >= 0.3 is 6.18 Å². The van der Waals surface area contributed by atoms with Crippen molar-refractivity contribution in [3.63, 3.8) is 0 Å². The normalized spacial score (nSPS) is 11.8. The van der Waals surface area contributed by atoms with Crippen molar-refractivity contribution in [3.05, 3.63) is 24.5 Å². The molecular weight excluding hydrogens is 245 g/mol. The van der Waals surface area contributed by atoms with E-state index in [2.05, 4.69) is 9.97 Å². The number of rotatable bonds is 2. The van der Waals surface area contributed by atoms with Gasteiger partial charge in [0.15, 0.2) is 0 Å². The van der Waals surface area contributed by atoms with Crippen LogP contribution in [0.4, 0.5) is 24.7 Å². The molecule has 0 aliphatic carbocycles. The number of alkyl halides is 3. The first-order valence-electron chi connectivity index (χ1n) is 5.15. The van der Waals surface area contributed by atoms with Gasteiger partial charge in [0.1, 0.15) is 18.7 Å². The molecule has 0 aliphatic rings. The van der Waals surface area contributed by atoms with Crippen LogP contribution in [0.15, 0.2) is 24.5 Å². The quantitative estimate of drug-likeness (QED) is 0.837. The lowest BCUT2D eigenvalue weighted by Gasteiger charge is -2.21. The van der Waals surface area contributed by atoms with Gasteiger partial charge in [-0.2, -0.15) is 13.2 Å². The fraction of sp³-hybridized carbons (Fsp3) is 0.273. The molecule has 4 nitrogen and oxygen atoms in total. The summed E-state index contributed by atoms with van der Waals surface area (Å²) in [6, 6.07) is 4.86. The number of fused-ring (bicyclic) bond motifs is 1. The molecule has 0 amide bonds. The second-order valence-corrected chi connectivity index (χ2v) is 3.95. The number of hydrogen-bond acceptors (Lipinski definition) is 4. The van der Waals surface area contributed by atoms with Crippen LogP contribution in [0.2, 0.25) is 0 Å². The Morgan fingerprint density at radius 1 is 1.28 bits per heavy atom. The third-order valence-electron chi connectivity index (χ3n) is 2.42. The van der Waals surface area contributed by atoms with Gasteiger partial charge in [-0.25, -0.2) is 9.97 Å². The van der Waals surface area contributed by atoms with Crippen LogP contribution in [-0.4, -0.2) is 29.7 Å². The summed E-state index contributed by atoms with van der Waals surface area (Å²) in [7, 11) is 1.33. The van der Waals surface area contributed by atoms with E-state index >= 15 is 0 Å². The maximum absolute atomic E-state index is 12.4. The maximum atomic E-state index is 12.4. The Bertz CT molecular complexity index is 568. The summed E-state index contributed by atoms with van der Waals surface area (Å²) in [6.45, 7) is -1.08. The molecule has 1 aromatic heterocycles. The van der Waals surface area contributed by atoms with E-state index in [4.69, 9.17) is 5.73 Å². The summed E-state index contributed by atoms with van der Waals surface area (Å²) in [6.07, 6.45) is -3.05. The summed E-state index contributed by atoms with van der Waals surface area (Å²) in [5.74, 6) is 0.213. The lowest BCUT2D eigenvalue weighted by atomic mass is 10.2. The van der Waals surface area contributed by atoms with Crippen LogP contribution >= 0.6 is 0 Å². The summed E-state index contributed by atoms with van der Waals surface area (Å²) in [5.41, 5.74) is 6.64. The minimum atomic E-state index is -4.29. The van der Waals surface area contributed by atoms with Crippen molar-refractivity contribution in [1.82, 2.24) is 9.97 Å². The van der Waals surface area contributed by atoms with Crippen LogP contribution in [0, 0.1) is 0 Å². The molecule has 0 radical (unpaired) electrons. The number of nitrogens with zero attached hydrogens (tertiary/aromatic N) is 3. The first-order valence-corrected chi connectivity index (χ1v) is 5.15. The second kappa shape index (κ2) is 4.32. The molecule has 0 fully saturated rings. The number of nitrogen functional groups attached to an aromatic ring is 1. The van der Waals surface area contributed by atoms with Crippen LogP contribution in [-0.2, 0) is 0 Å². The van der Waals surface area contributed by atoms with E-state index in [9.17, 15) is 13.2 Å². The Balaban J connectivity index is 2.47. The van der Waals surface area contributed by atoms with Crippen LogP contribution < -0.4 is 10.6 Å². The topological polar surface area (TPSA) is 55.0 Å². The predicted molar refractivity (Wildman–Crippen MR) is 63.3 cm³/mol. The van der Waals surface area contributed by atoms with Gasteiger partial charge in [-0.05, 0) is 18.2 Å². The summed E-state index contributed by atoms with van der Waals surface area (Å²) in [5, 5.41) is 0.504. The Morgan fingerprint density at radius 3 is 2.67 bits per heavy atom. The van der Waals surface area contributed by atoms with Crippen LogP contribution in [0.25, 0.3) is 10.9 Å². The number of nitrogens with two attached hydrogens (primary N) is 1. The highest BCUT2D eigenvalue weighted by Gasteiger charge is 2.30. The smallest absolute Gasteiger partial charge is 0.399 e. The van der Waals surface area contributed by atoms with Gasteiger partial charge in [-0.1, -0.05) is 0 Å². The van der Waals surface area contributed by atoms with Crippen molar-refractivity contribution in [1.29, 1.82) is 0 Å². The zero-order chi connectivity index (χ0) is 13.3. The number of anilines is 2. The van der Waals surface area contributed by atoms with Crippen molar-refractivity contribution in [2.45, 2.75) is 6.18 Å². The third kappa shape index (κ3) is 2.61. The molecule has 2 aromatic rings. The van der Waals surface area contributed by atoms with Crippen molar-refractivity contribution < 1.29 is 13.2 Å². The van der Waals surface area contributed by atoms with Gasteiger partial charge in [0, 0.05) is 18.1 Å².